The maximum absolute atomic E-state index is 14.1. The van der Waals surface area contributed by atoms with Gasteiger partial charge in [-0.25, -0.2) is 9.78 Å². The van der Waals surface area contributed by atoms with Gasteiger partial charge in [0.1, 0.15) is 22.7 Å². The van der Waals surface area contributed by atoms with Crippen LogP contribution in [-0.2, 0) is 0 Å². The van der Waals surface area contributed by atoms with E-state index < -0.39 is 24.7 Å². The molecule has 0 radical (unpaired) electrons. The molecule has 0 amide bonds. The lowest BCUT2D eigenvalue weighted by atomic mass is 9.71. The van der Waals surface area contributed by atoms with Gasteiger partial charge in [0.05, 0.1) is 19.5 Å². The third kappa shape index (κ3) is 6.03. The molecule has 0 spiro atoms. The van der Waals surface area contributed by atoms with Crippen LogP contribution in [0.3, 0.4) is 0 Å². The minimum atomic E-state index is -1.06. The molecule has 44 heavy (non-hydrogen) atoms. The Morgan fingerprint density at radius 2 is 1.84 bits per heavy atom. The molecule has 1 fully saturated rings. The molecule has 7 nitrogen and oxygen atoms in total. The number of aromatic nitrogens is 2. The minimum Gasteiger partial charge on any atom is -0.478 e. The second-order valence-corrected chi connectivity index (χ2v) is 12.3. The van der Waals surface area contributed by atoms with Crippen LogP contribution in [0, 0.1) is 12.3 Å². The lowest BCUT2D eigenvalue weighted by Crippen LogP contribution is -2.47. The zero-order valence-corrected chi connectivity index (χ0v) is 25.3. The van der Waals surface area contributed by atoms with E-state index in [1.165, 1.54) is 0 Å². The first-order valence-corrected chi connectivity index (χ1v) is 15.2. The van der Waals surface area contributed by atoms with Crippen LogP contribution >= 0.6 is 11.6 Å². The molecular formula is C34H35ClF2N4O3. The molecule has 2 aromatic carbocycles. The highest BCUT2D eigenvalue weighted by molar-refractivity contribution is 6.30. The number of fused-ring (bicyclic) bond motifs is 1. The monoisotopic (exact) mass is 620 g/mol. The topological polar surface area (TPSA) is 81.7 Å². The molecule has 3 heterocycles. The number of carbonyl (C=O) groups is 1. The van der Waals surface area contributed by atoms with E-state index in [0.29, 0.717) is 55.4 Å². The highest BCUT2D eigenvalue weighted by atomic mass is 35.5. The predicted molar refractivity (Wildman–Crippen MR) is 170 cm³/mol. The number of aromatic carboxylic acids is 1. The van der Waals surface area contributed by atoms with Crippen molar-refractivity contribution in [3.05, 3.63) is 88.2 Å². The molecule has 0 bridgehead atoms. The van der Waals surface area contributed by atoms with E-state index in [0.717, 1.165) is 52.1 Å². The van der Waals surface area contributed by atoms with Crippen molar-refractivity contribution in [2.45, 2.75) is 26.2 Å². The molecule has 10 heteroatoms. The van der Waals surface area contributed by atoms with Gasteiger partial charge in [0.15, 0.2) is 0 Å². The van der Waals surface area contributed by atoms with Crippen LogP contribution in [0.1, 0.15) is 40.7 Å². The quantitative estimate of drug-likeness (QED) is 0.200. The molecule has 1 aliphatic heterocycles. The molecule has 2 aliphatic rings. The first-order chi connectivity index (χ1) is 21.3. The van der Waals surface area contributed by atoms with Crippen molar-refractivity contribution < 1.29 is 23.4 Å². The first kappa shape index (κ1) is 30.1. The van der Waals surface area contributed by atoms with Gasteiger partial charge < -0.3 is 19.7 Å². The van der Waals surface area contributed by atoms with E-state index in [9.17, 15) is 18.7 Å². The first-order valence-electron chi connectivity index (χ1n) is 14.8. The third-order valence-electron chi connectivity index (χ3n) is 9.01. The summed E-state index contributed by atoms with van der Waals surface area (Å²) in [4.78, 5) is 24.1. The number of benzene rings is 2. The lowest BCUT2D eigenvalue weighted by molar-refractivity contribution is 0.0694. The molecule has 230 valence electrons. The fourth-order valence-corrected chi connectivity index (χ4v) is 6.59. The number of carboxylic acid groups (broad SMARTS) is 1. The van der Waals surface area contributed by atoms with Crippen molar-refractivity contribution in [1.82, 2.24) is 14.9 Å². The fourth-order valence-electron chi connectivity index (χ4n) is 6.46. The number of hydrogen-bond donors (Lipinski definition) is 2. The summed E-state index contributed by atoms with van der Waals surface area (Å²) < 4.78 is 34.4. The molecule has 2 N–H and O–H groups in total. The van der Waals surface area contributed by atoms with Crippen molar-refractivity contribution in [1.29, 1.82) is 0 Å². The summed E-state index contributed by atoms with van der Waals surface area (Å²) in [5.74, 6) is -0.313. The molecule has 0 atom stereocenters. The number of carboxylic acids is 1. The Bertz CT molecular complexity index is 1690. The number of piperazine rings is 1. The fraction of sp³-hybridized carbons (Fsp3) is 0.353. The number of nitrogens with zero attached hydrogens (tertiary/aromatic N) is 3. The number of alkyl halides is 2. The SMILES string of the molecule is Cc1c(N2CCN(CC3=C(c4ccc(Cl)cc4)CCC(CF)(CF)C3)CC2)ccc(C(=O)O)c1Oc1cnc2[nH]ccc2c1. The highest BCUT2D eigenvalue weighted by Crippen LogP contribution is 2.44. The van der Waals surface area contributed by atoms with E-state index in [1.54, 1.807) is 18.5 Å². The van der Waals surface area contributed by atoms with Gasteiger partial charge in [-0.1, -0.05) is 29.3 Å². The summed E-state index contributed by atoms with van der Waals surface area (Å²) in [5, 5.41) is 11.4. The van der Waals surface area contributed by atoms with Crippen LogP contribution in [0.25, 0.3) is 16.6 Å². The Hall–Kier alpha value is -3.95. The molecule has 4 aromatic rings. The lowest BCUT2D eigenvalue weighted by Gasteiger charge is -2.40. The summed E-state index contributed by atoms with van der Waals surface area (Å²) in [6, 6.07) is 14.8. The number of halogens is 3. The summed E-state index contributed by atoms with van der Waals surface area (Å²) in [7, 11) is 0. The third-order valence-corrected chi connectivity index (χ3v) is 9.26. The standard InChI is InChI=1S/C34H35ClF2N4O3/c1-22-30(7-6-29(33(42)43)31(22)44-27-16-24-9-11-38-32(24)39-18-27)41-14-12-40(13-15-41)19-25-17-34(20-36,21-37)10-8-28(25)23-2-4-26(35)5-3-23/h2-7,9,11,16,18H,8,10,12-15,17,19-21H2,1H3,(H,38,39)(H,42,43). The van der Waals surface area contributed by atoms with Crippen molar-refractivity contribution in [2.24, 2.45) is 5.41 Å². The van der Waals surface area contributed by atoms with Gasteiger partial charge in [-0.15, -0.1) is 0 Å². The van der Waals surface area contributed by atoms with Crippen LogP contribution in [0.4, 0.5) is 14.5 Å². The van der Waals surface area contributed by atoms with Crippen LogP contribution in [0.15, 0.2) is 66.5 Å². The number of H-pyrrole nitrogens is 1. The average Bonchev–Trinajstić information content (AvgIpc) is 3.51. The average molecular weight is 621 g/mol. The molecule has 0 unspecified atom stereocenters. The van der Waals surface area contributed by atoms with Gasteiger partial charge in [0.25, 0.3) is 0 Å². The zero-order chi connectivity index (χ0) is 30.8. The Labute approximate surface area is 260 Å². The Kier molecular flexibility index (Phi) is 8.60. The van der Waals surface area contributed by atoms with Gasteiger partial charge in [-0.3, -0.25) is 13.7 Å². The number of aromatic amines is 1. The number of nitrogens with one attached hydrogen (secondary N) is 1. The van der Waals surface area contributed by atoms with Gasteiger partial charge in [0.2, 0.25) is 0 Å². The molecular weight excluding hydrogens is 586 g/mol. The Morgan fingerprint density at radius 1 is 1.09 bits per heavy atom. The highest BCUT2D eigenvalue weighted by Gasteiger charge is 2.37. The number of rotatable bonds is 9. The van der Waals surface area contributed by atoms with Crippen LogP contribution in [-0.4, -0.2) is 72.0 Å². The van der Waals surface area contributed by atoms with E-state index in [-0.39, 0.29) is 5.56 Å². The van der Waals surface area contributed by atoms with Gasteiger partial charge in [-0.2, -0.15) is 0 Å². The smallest absolute Gasteiger partial charge is 0.339 e. The number of allylic oxidation sites excluding steroid dienone is 1. The summed E-state index contributed by atoms with van der Waals surface area (Å²) in [5.41, 5.74) is 4.82. The molecule has 1 aliphatic carbocycles. The Morgan fingerprint density at radius 3 is 2.55 bits per heavy atom. The van der Waals surface area contributed by atoms with Crippen molar-refractivity contribution in [3.63, 3.8) is 0 Å². The maximum atomic E-state index is 14.1. The second kappa shape index (κ2) is 12.6. The van der Waals surface area contributed by atoms with Crippen LogP contribution in [0.5, 0.6) is 11.5 Å². The minimum absolute atomic E-state index is 0.0854. The van der Waals surface area contributed by atoms with Gasteiger partial charge >= 0.3 is 5.97 Å². The molecule has 2 aromatic heterocycles. The zero-order valence-electron chi connectivity index (χ0n) is 24.6. The van der Waals surface area contributed by atoms with Crippen LogP contribution in [0.2, 0.25) is 5.02 Å². The molecule has 0 saturated carbocycles. The maximum Gasteiger partial charge on any atom is 0.339 e. The van der Waals surface area contributed by atoms with E-state index in [2.05, 4.69) is 19.8 Å². The molecule has 6 rings (SSSR count). The van der Waals surface area contributed by atoms with Crippen LogP contribution < -0.4 is 9.64 Å². The summed E-state index contributed by atoms with van der Waals surface area (Å²) in [6.45, 7) is 4.12. The van der Waals surface area contributed by atoms with Crippen molar-refractivity contribution >= 4 is 39.9 Å². The van der Waals surface area contributed by atoms with Gasteiger partial charge in [-0.05, 0) is 73.7 Å². The Balaban J connectivity index is 1.21. The summed E-state index contributed by atoms with van der Waals surface area (Å²) in [6.07, 6.45) is 4.89. The predicted octanol–water partition coefficient (Wildman–Crippen LogP) is 7.70. The normalized spacial score (nSPS) is 17.3. The van der Waals surface area contributed by atoms with E-state index >= 15 is 0 Å². The number of anilines is 1. The largest absolute Gasteiger partial charge is 0.478 e. The van der Waals surface area contributed by atoms with Crippen molar-refractivity contribution in [3.8, 4) is 11.5 Å². The summed E-state index contributed by atoms with van der Waals surface area (Å²) >= 11 is 6.13. The van der Waals surface area contributed by atoms with E-state index in [1.807, 2.05) is 49.4 Å². The number of pyridine rings is 1. The van der Waals surface area contributed by atoms with Crippen molar-refractivity contribution in [2.75, 3.05) is 51.0 Å². The van der Waals surface area contributed by atoms with Gasteiger partial charge in [0, 0.05) is 66.0 Å². The second-order valence-electron chi connectivity index (χ2n) is 11.9. The number of ether oxygens (including phenoxy) is 1. The number of hydrogen-bond acceptors (Lipinski definition) is 5. The van der Waals surface area contributed by atoms with E-state index in [4.69, 9.17) is 16.3 Å². The molecule has 1 saturated heterocycles.